The highest BCUT2D eigenvalue weighted by Crippen LogP contribution is 2.19. The lowest BCUT2D eigenvalue weighted by molar-refractivity contribution is 0.364. The summed E-state index contributed by atoms with van der Waals surface area (Å²) in [7, 11) is 0. The van der Waals surface area contributed by atoms with Gasteiger partial charge in [-0.1, -0.05) is 23.7 Å². The van der Waals surface area contributed by atoms with Crippen molar-refractivity contribution in [1.82, 2.24) is 25.1 Å². The van der Waals surface area contributed by atoms with Gasteiger partial charge in [-0.2, -0.15) is 16.3 Å². The van der Waals surface area contributed by atoms with Gasteiger partial charge in [0.15, 0.2) is 0 Å². The highest BCUT2D eigenvalue weighted by Gasteiger charge is 2.13. The summed E-state index contributed by atoms with van der Waals surface area (Å²) in [6.07, 6.45) is 3.73. The summed E-state index contributed by atoms with van der Waals surface area (Å²) in [5.41, 5.74) is 7.76. The fraction of sp³-hybridized carbons (Fsp3) is 0.385. The van der Waals surface area contributed by atoms with Crippen molar-refractivity contribution >= 4 is 11.3 Å². The fourth-order valence-corrected chi connectivity index (χ4v) is 2.62. The van der Waals surface area contributed by atoms with E-state index in [4.69, 9.17) is 10.3 Å². The zero-order chi connectivity index (χ0) is 14.7. The third-order valence-electron chi connectivity index (χ3n) is 3.08. The topological polar surface area (TPSA) is 95.7 Å². The van der Waals surface area contributed by atoms with E-state index in [2.05, 4.69) is 27.4 Å². The second-order valence-corrected chi connectivity index (χ2v) is 5.54. The van der Waals surface area contributed by atoms with Gasteiger partial charge in [0.2, 0.25) is 11.7 Å². The fourth-order valence-electron chi connectivity index (χ4n) is 1.99. The number of aromatic nitrogens is 5. The Kier molecular flexibility index (Phi) is 4.07. The maximum absolute atomic E-state index is 6.01. The van der Waals surface area contributed by atoms with E-state index in [1.54, 1.807) is 16.0 Å². The van der Waals surface area contributed by atoms with Gasteiger partial charge in [-0.15, -0.1) is 5.10 Å². The molecule has 7 nitrogen and oxygen atoms in total. The molecular weight excluding hydrogens is 288 g/mol. The van der Waals surface area contributed by atoms with Crippen molar-refractivity contribution in [3.8, 4) is 11.4 Å². The van der Waals surface area contributed by atoms with Gasteiger partial charge >= 0.3 is 0 Å². The van der Waals surface area contributed by atoms with Crippen LogP contribution in [-0.2, 0) is 6.54 Å². The predicted octanol–water partition coefficient (Wildman–Crippen LogP) is 2.24. The summed E-state index contributed by atoms with van der Waals surface area (Å²) >= 11 is 1.60. The average molecular weight is 304 g/mol. The zero-order valence-corrected chi connectivity index (χ0v) is 12.5. The minimum atomic E-state index is -0.0761. The van der Waals surface area contributed by atoms with Crippen molar-refractivity contribution < 1.29 is 4.52 Å². The van der Waals surface area contributed by atoms with Crippen LogP contribution in [0.2, 0.25) is 0 Å². The predicted molar refractivity (Wildman–Crippen MR) is 78.6 cm³/mol. The van der Waals surface area contributed by atoms with Gasteiger partial charge in [0.1, 0.15) is 6.54 Å². The molecule has 0 aliphatic carbocycles. The molecule has 3 aromatic heterocycles. The molecule has 0 saturated carbocycles. The molecule has 2 N–H and O–H groups in total. The molecule has 0 spiro atoms. The summed E-state index contributed by atoms with van der Waals surface area (Å²) in [5.74, 6) is 1.09. The SMILES string of the molecule is CCCC(N)c1cn(Cc2nc(-c3ccsc3)no2)nn1. The molecule has 0 aliphatic rings. The lowest BCUT2D eigenvalue weighted by Gasteiger charge is -2.04. The monoisotopic (exact) mass is 304 g/mol. The van der Waals surface area contributed by atoms with Crippen molar-refractivity contribution in [3.63, 3.8) is 0 Å². The lowest BCUT2D eigenvalue weighted by Crippen LogP contribution is -2.10. The summed E-state index contributed by atoms with van der Waals surface area (Å²) < 4.78 is 6.90. The Morgan fingerprint density at radius 2 is 2.38 bits per heavy atom. The van der Waals surface area contributed by atoms with Gasteiger partial charge < -0.3 is 10.3 Å². The Bertz CT molecular complexity index is 689. The Morgan fingerprint density at radius 3 is 3.14 bits per heavy atom. The Hall–Kier alpha value is -2.06. The van der Waals surface area contributed by atoms with Gasteiger partial charge in [-0.25, -0.2) is 4.68 Å². The van der Waals surface area contributed by atoms with Crippen LogP contribution in [0, 0.1) is 0 Å². The van der Waals surface area contributed by atoms with E-state index < -0.39 is 0 Å². The van der Waals surface area contributed by atoms with Gasteiger partial charge in [0.05, 0.1) is 17.9 Å². The number of nitrogens with zero attached hydrogens (tertiary/aromatic N) is 5. The molecule has 3 aromatic rings. The summed E-state index contributed by atoms with van der Waals surface area (Å²) in [5, 5.41) is 16.1. The molecule has 3 rings (SSSR count). The number of thiophene rings is 1. The molecule has 21 heavy (non-hydrogen) atoms. The minimum Gasteiger partial charge on any atom is -0.337 e. The van der Waals surface area contributed by atoms with Crippen molar-refractivity contribution in [1.29, 1.82) is 0 Å². The molecule has 0 fully saturated rings. The second kappa shape index (κ2) is 6.15. The van der Waals surface area contributed by atoms with E-state index in [0.29, 0.717) is 18.3 Å². The first kappa shape index (κ1) is 13.9. The first-order valence-electron chi connectivity index (χ1n) is 6.77. The van der Waals surface area contributed by atoms with Gasteiger partial charge in [-0.05, 0) is 17.9 Å². The van der Waals surface area contributed by atoms with Crippen LogP contribution < -0.4 is 5.73 Å². The molecule has 0 aromatic carbocycles. The first-order chi connectivity index (χ1) is 10.3. The summed E-state index contributed by atoms with van der Waals surface area (Å²) in [4.78, 5) is 4.35. The maximum Gasteiger partial charge on any atom is 0.248 e. The standard InChI is InChI=1S/C13H16N6OS/c1-2-3-10(14)11-6-19(18-16-11)7-12-15-13(17-20-12)9-4-5-21-8-9/h4-6,8,10H,2-3,7,14H2,1H3. The van der Waals surface area contributed by atoms with Crippen LogP contribution in [0.5, 0.6) is 0 Å². The van der Waals surface area contributed by atoms with Crippen LogP contribution in [0.25, 0.3) is 11.4 Å². The number of hydrogen-bond donors (Lipinski definition) is 1. The zero-order valence-electron chi connectivity index (χ0n) is 11.6. The molecule has 1 atom stereocenters. The Labute approximate surface area is 125 Å². The van der Waals surface area contributed by atoms with Crippen LogP contribution in [0.3, 0.4) is 0 Å². The van der Waals surface area contributed by atoms with Crippen molar-refractivity contribution in [2.75, 3.05) is 0 Å². The molecule has 8 heteroatoms. The molecule has 0 bridgehead atoms. The number of hydrogen-bond acceptors (Lipinski definition) is 7. The normalized spacial score (nSPS) is 12.7. The molecule has 3 heterocycles. The van der Waals surface area contributed by atoms with Crippen LogP contribution >= 0.6 is 11.3 Å². The smallest absolute Gasteiger partial charge is 0.248 e. The Balaban J connectivity index is 1.70. The van der Waals surface area contributed by atoms with E-state index in [9.17, 15) is 0 Å². The third-order valence-corrected chi connectivity index (χ3v) is 3.76. The molecule has 0 aliphatic heterocycles. The highest BCUT2D eigenvalue weighted by atomic mass is 32.1. The molecular formula is C13H16N6OS. The quantitative estimate of drug-likeness (QED) is 0.750. The minimum absolute atomic E-state index is 0.0761. The first-order valence-corrected chi connectivity index (χ1v) is 7.71. The number of nitrogens with two attached hydrogens (primary N) is 1. The van der Waals surface area contributed by atoms with Crippen molar-refractivity contribution in [3.05, 3.63) is 34.6 Å². The highest BCUT2D eigenvalue weighted by molar-refractivity contribution is 7.08. The molecule has 0 amide bonds. The van der Waals surface area contributed by atoms with E-state index in [1.807, 2.05) is 23.0 Å². The lowest BCUT2D eigenvalue weighted by atomic mass is 10.1. The van der Waals surface area contributed by atoms with Crippen LogP contribution in [0.4, 0.5) is 0 Å². The number of rotatable bonds is 6. The Morgan fingerprint density at radius 1 is 1.48 bits per heavy atom. The van der Waals surface area contributed by atoms with Gasteiger partial charge in [0.25, 0.3) is 0 Å². The van der Waals surface area contributed by atoms with Gasteiger partial charge in [-0.3, -0.25) is 0 Å². The van der Waals surface area contributed by atoms with Crippen LogP contribution in [0.1, 0.15) is 37.4 Å². The molecule has 1 unspecified atom stereocenters. The van der Waals surface area contributed by atoms with Gasteiger partial charge in [0, 0.05) is 10.9 Å². The van der Waals surface area contributed by atoms with Crippen molar-refractivity contribution in [2.24, 2.45) is 5.73 Å². The van der Waals surface area contributed by atoms with Crippen molar-refractivity contribution in [2.45, 2.75) is 32.4 Å². The second-order valence-electron chi connectivity index (χ2n) is 4.76. The average Bonchev–Trinajstić information content (AvgIpc) is 3.20. The third kappa shape index (κ3) is 3.17. The molecule has 0 radical (unpaired) electrons. The van der Waals surface area contributed by atoms with Crippen LogP contribution in [-0.4, -0.2) is 25.1 Å². The summed E-state index contributed by atoms with van der Waals surface area (Å²) in [6, 6.07) is 1.88. The van der Waals surface area contributed by atoms with Crippen LogP contribution in [0.15, 0.2) is 27.5 Å². The summed E-state index contributed by atoms with van der Waals surface area (Å²) in [6.45, 7) is 2.48. The van der Waals surface area contributed by atoms with E-state index in [1.165, 1.54) is 0 Å². The maximum atomic E-state index is 6.01. The molecule has 0 saturated heterocycles. The van der Waals surface area contributed by atoms with E-state index >= 15 is 0 Å². The van der Waals surface area contributed by atoms with E-state index in [0.717, 1.165) is 24.1 Å². The molecule has 110 valence electrons. The van der Waals surface area contributed by atoms with E-state index in [-0.39, 0.29) is 6.04 Å². The largest absolute Gasteiger partial charge is 0.337 e.